The minimum Gasteiger partial charge on any atom is -0.300 e. The fourth-order valence-electron chi connectivity index (χ4n) is 3.04. The summed E-state index contributed by atoms with van der Waals surface area (Å²) in [6.07, 6.45) is 1.01. The van der Waals surface area contributed by atoms with Crippen LogP contribution in [0.5, 0.6) is 0 Å². The quantitative estimate of drug-likeness (QED) is 0.736. The highest BCUT2D eigenvalue weighted by Crippen LogP contribution is 2.11. The second-order valence-electron chi connectivity index (χ2n) is 6.42. The third kappa shape index (κ3) is 5.36. The van der Waals surface area contributed by atoms with Gasteiger partial charge in [-0.25, -0.2) is 4.39 Å². The van der Waals surface area contributed by atoms with Gasteiger partial charge in [-0.1, -0.05) is 23.7 Å². The number of nitrogens with zero attached hydrogens (tertiary/aromatic N) is 2. The molecule has 132 valence electrons. The van der Waals surface area contributed by atoms with E-state index in [4.69, 9.17) is 11.6 Å². The Morgan fingerprint density at radius 2 is 1.52 bits per heavy atom. The van der Waals surface area contributed by atoms with E-state index < -0.39 is 0 Å². The fraction of sp³-hybridized carbons (Fsp3) is 0.350. The molecule has 0 unspecified atom stereocenters. The molecule has 1 saturated heterocycles. The summed E-state index contributed by atoms with van der Waals surface area (Å²) >= 11 is 5.91. The van der Waals surface area contributed by atoms with Crippen LogP contribution in [0.1, 0.15) is 15.9 Å². The largest absolute Gasteiger partial charge is 0.300 e. The van der Waals surface area contributed by atoms with E-state index in [0.29, 0.717) is 12.1 Å². The number of piperazine rings is 1. The molecule has 3 rings (SSSR count). The zero-order chi connectivity index (χ0) is 17.6. The Bertz CT molecular complexity index is 695. The molecule has 5 heteroatoms. The standard InChI is InChI=1S/C20H22ClFN2O/c21-18-5-1-16(2-6-18)9-10-23-11-13-24(14-12-23)15-20(25)17-3-7-19(22)8-4-17/h1-8H,9-15H2. The highest BCUT2D eigenvalue weighted by atomic mass is 35.5. The van der Waals surface area contributed by atoms with Gasteiger partial charge in [0.15, 0.2) is 5.78 Å². The number of hydrogen-bond acceptors (Lipinski definition) is 3. The zero-order valence-corrected chi connectivity index (χ0v) is 14.9. The van der Waals surface area contributed by atoms with Gasteiger partial charge >= 0.3 is 0 Å². The lowest BCUT2D eigenvalue weighted by atomic mass is 10.1. The Morgan fingerprint density at radius 1 is 0.920 bits per heavy atom. The maximum atomic E-state index is 12.9. The SMILES string of the molecule is O=C(CN1CCN(CCc2ccc(Cl)cc2)CC1)c1ccc(F)cc1. The smallest absolute Gasteiger partial charge is 0.176 e. The molecule has 0 bridgehead atoms. The number of ketones is 1. The van der Waals surface area contributed by atoms with Crippen molar-refractivity contribution in [3.8, 4) is 0 Å². The second-order valence-corrected chi connectivity index (χ2v) is 6.86. The lowest BCUT2D eigenvalue weighted by Crippen LogP contribution is -2.48. The second kappa shape index (κ2) is 8.56. The predicted molar refractivity (Wildman–Crippen MR) is 98.8 cm³/mol. The van der Waals surface area contributed by atoms with Crippen LogP contribution in [0.25, 0.3) is 0 Å². The fourth-order valence-corrected chi connectivity index (χ4v) is 3.17. The van der Waals surface area contributed by atoms with E-state index in [-0.39, 0.29) is 11.6 Å². The van der Waals surface area contributed by atoms with E-state index in [1.165, 1.54) is 17.7 Å². The first-order valence-corrected chi connectivity index (χ1v) is 8.96. The summed E-state index contributed by atoms with van der Waals surface area (Å²) in [5.74, 6) is -0.263. The van der Waals surface area contributed by atoms with Crippen molar-refractivity contribution in [1.29, 1.82) is 0 Å². The molecule has 0 atom stereocenters. The Kier molecular flexibility index (Phi) is 6.19. The number of benzene rings is 2. The molecule has 0 radical (unpaired) electrons. The molecule has 0 aliphatic carbocycles. The van der Waals surface area contributed by atoms with E-state index in [2.05, 4.69) is 21.9 Å². The zero-order valence-electron chi connectivity index (χ0n) is 14.1. The van der Waals surface area contributed by atoms with E-state index in [1.54, 1.807) is 12.1 Å². The maximum absolute atomic E-state index is 12.9. The van der Waals surface area contributed by atoms with Gasteiger partial charge in [0, 0.05) is 43.3 Å². The van der Waals surface area contributed by atoms with Crippen LogP contribution in [0.4, 0.5) is 4.39 Å². The van der Waals surface area contributed by atoms with Crippen molar-refractivity contribution in [2.45, 2.75) is 6.42 Å². The van der Waals surface area contributed by atoms with Crippen LogP contribution >= 0.6 is 11.6 Å². The van der Waals surface area contributed by atoms with Crippen molar-refractivity contribution in [2.24, 2.45) is 0 Å². The number of carbonyl (C=O) groups excluding carboxylic acids is 1. The van der Waals surface area contributed by atoms with Crippen molar-refractivity contribution in [1.82, 2.24) is 9.80 Å². The molecule has 1 aliphatic rings. The molecule has 0 saturated carbocycles. The first-order chi connectivity index (χ1) is 12.1. The summed E-state index contributed by atoms with van der Waals surface area (Å²) < 4.78 is 12.9. The van der Waals surface area contributed by atoms with Gasteiger partial charge in [0.25, 0.3) is 0 Å². The predicted octanol–water partition coefficient (Wildman–Crippen LogP) is 3.52. The lowest BCUT2D eigenvalue weighted by Gasteiger charge is -2.34. The minimum absolute atomic E-state index is 0.0506. The van der Waals surface area contributed by atoms with E-state index in [1.807, 2.05) is 12.1 Å². The summed E-state index contributed by atoms with van der Waals surface area (Å²) in [7, 11) is 0. The van der Waals surface area contributed by atoms with Crippen molar-refractivity contribution in [3.63, 3.8) is 0 Å². The van der Waals surface area contributed by atoms with Crippen LogP contribution in [0.3, 0.4) is 0 Å². The molecule has 0 N–H and O–H groups in total. The summed E-state index contributed by atoms with van der Waals surface area (Å²) in [5.41, 5.74) is 1.87. The van der Waals surface area contributed by atoms with E-state index in [0.717, 1.165) is 44.2 Å². The average molecular weight is 361 g/mol. The van der Waals surface area contributed by atoms with E-state index in [9.17, 15) is 9.18 Å². The van der Waals surface area contributed by atoms with Crippen LogP contribution in [0.15, 0.2) is 48.5 Å². The number of halogens is 2. The van der Waals surface area contributed by atoms with Gasteiger partial charge in [0.1, 0.15) is 5.82 Å². The highest BCUT2D eigenvalue weighted by Gasteiger charge is 2.19. The van der Waals surface area contributed by atoms with Crippen molar-refractivity contribution >= 4 is 17.4 Å². The lowest BCUT2D eigenvalue weighted by molar-refractivity contribution is 0.0854. The Hall–Kier alpha value is -1.75. The van der Waals surface area contributed by atoms with Crippen LogP contribution in [-0.4, -0.2) is 54.9 Å². The van der Waals surface area contributed by atoms with Crippen LogP contribution in [0.2, 0.25) is 5.02 Å². The first-order valence-electron chi connectivity index (χ1n) is 8.58. The molecule has 25 heavy (non-hydrogen) atoms. The molecule has 1 fully saturated rings. The summed E-state index contributed by atoms with van der Waals surface area (Å²) in [4.78, 5) is 16.9. The van der Waals surface area contributed by atoms with Crippen molar-refractivity contribution in [3.05, 3.63) is 70.5 Å². The Balaban J connectivity index is 1.41. The monoisotopic (exact) mass is 360 g/mol. The molecular formula is C20H22ClFN2O. The van der Waals surface area contributed by atoms with Crippen LogP contribution < -0.4 is 0 Å². The average Bonchev–Trinajstić information content (AvgIpc) is 2.63. The van der Waals surface area contributed by atoms with Crippen LogP contribution in [-0.2, 0) is 6.42 Å². The highest BCUT2D eigenvalue weighted by molar-refractivity contribution is 6.30. The molecule has 0 amide bonds. The van der Waals surface area contributed by atoms with Gasteiger partial charge < -0.3 is 4.90 Å². The third-order valence-corrected chi connectivity index (χ3v) is 4.88. The number of carbonyl (C=O) groups is 1. The van der Waals surface area contributed by atoms with Gasteiger partial charge in [0.2, 0.25) is 0 Å². The van der Waals surface area contributed by atoms with Crippen molar-refractivity contribution in [2.75, 3.05) is 39.3 Å². The molecular weight excluding hydrogens is 339 g/mol. The molecule has 1 heterocycles. The summed E-state index contributed by atoms with van der Waals surface area (Å²) in [6.45, 7) is 5.10. The first kappa shape index (κ1) is 18.1. The molecule has 2 aromatic carbocycles. The molecule has 2 aromatic rings. The van der Waals surface area contributed by atoms with Gasteiger partial charge in [-0.15, -0.1) is 0 Å². The van der Waals surface area contributed by atoms with Gasteiger partial charge in [-0.2, -0.15) is 0 Å². The third-order valence-electron chi connectivity index (χ3n) is 4.63. The summed E-state index contributed by atoms with van der Waals surface area (Å²) in [5, 5.41) is 0.767. The molecule has 0 spiro atoms. The van der Waals surface area contributed by atoms with Crippen molar-refractivity contribution < 1.29 is 9.18 Å². The number of rotatable bonds is 6. The molecule has 0 aromatic heterocycles. The van der Waals surface area contributed by atoms with E-state index >= 15 is 0 Å². The number of Topliss-reactive ketones (excluding diaryl/α,β-unsaturated/α-hetero) is 1. The van der Waals surface area contributed by atoms with Gasteiger partial charge in [-0.05, 0) is 48.4 Å². The topological polar surface area (TPSA) is 23.6 Å². The minimum atomic E-state index is -0.314. The molecule has 1 aliphatic heterocycles. The normalized spacial score (nSPS) is 16.1. The van der Waals surface area contributed by atoms with Gasteiger partial charge in [0.05, 0.1) is 6.54 Å². The van der Waals surface area contributed by atoms with Crippen LogP contribution in [0, 0.1) is 5.82 Å². The molecule has 3 nitrogen and oxygen atoms in total. The van der Waals surface area contributed by atoms with Gasteiger partial charge in [-0.3, -0.25) is 9.69 Å². The maximum Gasteiger partial charge on any atom is 0.176 e. The Morgan fingerprint density at radius 3 is 2.16 bits per heavy atom. The Labute approximate surface area is 153 Å². The number of hydrogen-bond donors (Lipinski definition) is 0. The summed E-state index contributed by atoms with van der Waals surface area (Å²) in [6, 6.07) is 13.8.